The second kappa shape index (κ2) is 6.81. The molecular weight excluding hydrogens is 263 g/mol. The van der Waals surface area contributed by atoms with Crippen molar-refractivity contribution in [3.05, 3.63) is 28.2 Å². The third-order valence-corrected chi connectivity index (χ3v) is 2.74. The van der Waals surface area contributed by atoms with Crippen LogP contribution in [-0.2, 0) is 4.79 Å². The summed E-state index contributed by atoms with van der Waals surface area (Å²) >= 11 is 11.8. The van der Waals surface area contributed by atoms with E-state index < -0.39 is 0 Å². The van der Waals surface area contributed by atoms with Gasteiger partial charge in [-0.2, -0.15) is 0 Å². The van der Waals surface area contributed by atoms with Gasteiger partial charge < -0.3 is 15.7 Å². The van der Waals surface area contributed by atoms with Crippen LogP contribution in [0.25, 0.3) is 0 Å². The average Bonchev–Trinajstić information content (AvgIpc) is 2.31. The molecule has 0 saturated carbocycles. The van der Waals surface area contributed by atoms with Crippen molar-refractivity contribution in [3.8, 4) is 0 Å². The molecule has 0 fully saturated rings. The Balaban J connectivity index is 2.56. The van der Waals surface area contributed by atoms with Gasteiger partial charge in [0, 0.05) is 6.04 Å². The van der Waals surface area contributed by atoms with Crippen molar-refractivity contribution in [2.24, 2.45) is 0 Å². The summed E-state index contributed by atoms with van der Waals surface area (Å²) in [6.45, 7) is 1.83. The highest BCUT2D eigenvalue weighted by Crippen LogP contribution is 2.29. The van der Waals surface area contributed by atoms with E-state index in [4.69, 9.17) is 28.3 Å². The van der Waals surface area contributed by atoms with Gasteiger partial charge in [-0.05, 0) is 19.1 Å². The number of nitrogens with one attached hydrogen (secondary N) is 2. The number of halogens is 2. The van der Waals surface area contributed by atoms with Gasteiger partial charge in [-0.15, -0.1) is 0 Å². The number of amides is 1. The Morgan fingerprint density at radius 1 is 1.41 bits per heavy atom. The van der Waals surface area contributed by atoms with Crippen molar-refractivity contribution in [3.63, 3.8) is 0 Å². The van der Waals surface area contributed by atoms with Crippen molar-refractivity contribution in [2.45, 2.75) is 13.0 Å². The molecule has 1 rings (SSSR count). The average molecular weight is 277 g/mol. The van der Waals surface area contributed by atoms with Gasteiger partial charge >= 0.3 is 0 Å². The van der Waals surface area contributed by atoms with Crippen LogP contribution in [0.5, 0.6) is 0 Å². The molecule has 4 nitrogen and oxygen atoms in total. The monoisotopic (exact) mass is 276 g/mol. The maximum atomic E-state index is 11.6. The molecule has 0 aliphatic rings. The molecule has 1 aromatic carbocycles. The lowest BCUT2D eigenvalue weighted by Gasteiger charge is -2.12. The second-order valence-electron chi connectivity index (χ2n) is 3.61. The fourth-order valence-corrected chi connectivity index (χ4v) is 1.62. The Labute approximate surface area is 110 Å². The van der Waals surface area contributed by atoms with Crippen LogP contribution in [0.1, 0.15) is 6.92 Å². The summed E-state index contributed by atoms with van der Waals surface area (Å²) in [5, 5.41) is 15.0. The summed E-state index contributed by atoms with van der Waals surface area (Å²) in [5.41, 5.74) is 0.402. The molecule has 1 aromatic rings. The van der Waals surface area contributed by atoms with E-state index in [-0.39, 0.29) is 25.1 Å². The molecule has 0 bridgehead atoms. The van der Waals surface area contributed by atoms with E-state index in [9.17, 15) is 4.79 Å². The van der Waals surface area contributed by atoms with Gasteiger partial charge in [-0.25, -0.2) is 0 Å². The number of aliphatic hydroxyl groups excluding tert-OH is 1. The maximum absolute atomic E-state index is 11.6. The molecule has 6 heteroatoms. The number of rotatable bonds is 5. The van der Waals surface area contributed by atoms with Crippen LogP contribution in [0, 0.1) is 0 Å². The predicted octanol–water partition coefficient (Wildman–Crippen LogP) is 1.90. The fraction of sp³-hybridized carbons (Fsp3) is 0.364. The van der Waals surface area contributed by atoms with E-state index in [1.165, 1.54) is 0 Å². The Kier molecular flexibility index (Phi) is 5.71. The lowest BCUT2D eigenvalue weighted by molar-refractivity contribution is -0.115. The van der Waals surface area contributed by atoms with Gasteiger partial charge in [0.15, 0.2) is 0 Å². The minimum atomic E-state index is -0.264. The summed E-state index contributed by atoms with van der Waals surface area (Å²) < 4.78 is 0. The first-order valence-corrected chi connectivity index (χ1v) is 5.88. The minimum absolute atomic E-state index is 0.0276. The maximum Gasteiger partial charge on any atom is 0.238 e. The first-order valence-electron chi connectivity index (χ1n) is 5.12. The van der Waals surface area contributed by atoms with Gasteiger partial charge in [-0.1, -0.05) is 29.3 Å². The van der Waals surface area contributed by atoms with Crippen LogP contribution < -0.4 is 10.6 Å². The third kappa shape index (κ3) is 4.52. The van der Waals surface area contributed by atoms with E-state index >= 15 is 0 Å². The summed E-state index contributed by atoms with van der Waals surface area (Å²) in [5.74, 6) is -0.264. The molecule has 1 amide bonds. The number of carbonyl (C=O) groups is 1. The van der Waals surface area contributed by atoms with Crippen molar-refractivity contribution in [1.29, 1.82) is 0 Å². The molecule has 17 heavy (non-hydrogen) atoms. The highest BCUT2D eigenvalue weighted by molar-refractivity contribution is 6.39. The molecule has 0 aromatic heterocycles. The molecule has 0 aliphatic heterocycles. The van der Waals surface area contributed by atoms with E-state index in [2.05, 4.69) is 10.6 Å². The Hall–Kier alpha value is -0.810. The van der Waals surface area contributed by atoms with Crippen molar-refractivity contribution >= 4 is 34.8 Å². The van der Waals surface area contributed by atoms with Crippen LogP contribution in [0.3, 0.4) is 0 Å². The fourth-order valence-electron chi connectivity index (χ4n) is 1.13. The van der Waals surface area contributed by atoms with Crippen LogP contribution in [-0.4, -0.2) is 30.2 Å². The Morgan fingerprint density at radius 2 is 2.00 bits per heavy atom. The highest BCUT2D eigenvalue weighted by Gasteiger charge is 2.10. The zero-order valence-corrected chi connectivity index (χ0v) is 10.8. The van der Waals surface area contributed by atoms with E-state index in [0.29, 0.717) is 15.7 Å². The molecule has 0 radical (unpaired) electrons. The molecular formula is C11H14Cl2N2O2. The molecule has 1 atom stereocenters. The van der Waals surface area contributed by atoms with Crippen molar-refractivity contribution in [2.75, 3.05) is 18.5 Å². The first kappa shape index (κ1) is 14.3. The summed E-state index contributed by atoms with van der Waals surface area (Å²) in [6, 6.07) is 4.86. The summed E-state index contributed by atoms with van der Waals surface area (Å²) in [6.07, 6.45) is 0. The van der Waals surface area contributed by atoms with Crippen LogP contribution in [0.2, 0.25) is 10.0 Å². The number of carbonyl (C=O) groups excluding carboxylic acids is 1. The van der Waals surface area contributed by atoms with Crippen molar-refractivity contribution in [1.82, 2.24) is 5.32 Å². The van der Waals surface area contributed by atoms with Crippen molar-refractivity contribution < 1.29 is 9.90 Å². The van der Waals surface area contributed by atoms with Crippen LogP contribution in [0.4, 0.5) is 5.69 Å². The van der Waals surface area contributed by atoms with Gasteiger partial charge in [0.2, 0.25) is 5.91 Å². The number of aliphatic hydroxyl groups is 1. The van der Waals surface area contributed by atoms with Crippen LogP contribution >= 0.6 is 23.2 Å². The van der Waals surface area contributed by atoms with E-state index in [1.54, 1.807) is 25.1 Å². The second-order valence-corrected chi connectivity index (χ2v) is 4.42. The van der Waals surface area contributed by atoms with Gasteiger partial charge in [-0.3, -0.25) is 4.79 Å². The summed E-state index contributed by atoms with van der Waals surface area (Å²) in [4.78, 5) is 11.6. The molecule has 94 valence electrons. The lowest BCUT2D eigenvalue weighted by Crippen LogP contribution is -2.36. The quantitative estimate of drug-likeness (QED) is 0.770. The topological polar surface area (TPSA) is 61.4 Å². The lowest BCUT2D eigenvalue weighted by atomic mass is 10.3. The van der Waals surface area contributed by atoms with Gasteiger partial charge in [0.1, 0.15) is 0 Å². The molecule has 1 unspecified atom stereocenters. The Bertz CT molecular complexity index is 379. The normalized spacial score (nSPS) is 12.2. The standard InChI is InChI=1S/C11H14Cl2N2O2/c1-7(6-16)14-5-10(17)15-11-8(12)3-2-4-9(11)13/h2-4,7,14,16H,5-6H2,1H3,(H,15,17). The zero-order chi connectivity index (χ0) is 12.8. The van der Waals surface area contributed by atoms with E-state index in [0.717, 1.165) is 0 Å². The molecule has 0 spiro atoms. The Morgan fingerprint density at radius 3 is 2.53 bits per heavy atom. The minimum Gasteiger partial charge on any atom is -0.395 e. The molecule has 0 heterocycles. The largest absolute Gasteiger partial charge is 0.395 e. The predicted molar refractivity (Wildman–Crippen MR) is 69.6 cm³/mol. The molecule has 0 aliphatic carbocycles. The van der Waals surface area contributed by atoms with Gasteiger partial charge in [0.25, 0.3) is 0 Å². The smallest absolute Gasteiger partial charge is 0.238 e. The van der Waals surface area contributed by atoms with Gasteiger partial charge in [0.05, 0.1) is 28.9 Å². The SMILES string of the molecule is CC(CO)NCC(=O)Nc1c(Cl)cccc1Cl. The third-order valence-electron chi connectivity index (χ3n) is 2.11. The number of anilines is 1. The number of hydrogen-bond acceptors (Lipinski definition) is 3. The zero-order valence-electron chi connectivity index (χ0n) is 9.34. The number of hydrogen-bond donors (Lipinski definition) is 3. The molecule has 0 saturated heterocycles. The summed E-state index contributed by atoms with van der Waals surface area (Å²) in [7, 11) is 0. The highest BCUT2D eigenvalue weighted by atomic mass is 35.5. The molecule has 3 N–H and O–H groups in total. The number of benzene rings is 1. The first-order chi connectivity index (χ1) is 8.04. The van der Waals surface area contributed by atoms with E-state index in [1.807, 2.05) is 0 Å². The van der Waals surface area contributed by atoms with Crippen LogP contribution in [0.15, 0.2) is 18.2 Å². The number of para-hydroxylation sites is 1.